The highest BCUT2D eigenvalue weighted by molar-refractivity contribution is 9.09. The Balaban J connectivity index is 2.14. The summed E-state index contributed by atoms with van der Waals surface area (Å²) in [6.07, 6.45) is 1.10. The van der Waals surface area contributed by atoms with Crippen molar-refractivity contribution in [3.8, 4) is 5.75 Å². The minimum Gasteiger partial charge on any atom is -0.494 e. The highest BCUT2D eigenvalue weighted by Crippen LogP contribution is 2.35. The third kappa shape index (κ3) is 3.15. The lowest BCUT2D eigenvalue weighted by molar-refractivity contribution is 0.340. The van der Waals surface area contributed by atoms with E-state index < -0.39 is 0 Å². The fourth-order valence-corrected chi connectivity index (χ4v) is 3.48. The molecule has 0 saturated heterocycles. The van der Waals surface area contributed by atoms with Gasteiger partial charge in [-0.25, -0.2) is 0 Å². The Bertz CT molecular complexity index is 489. The summed E-state index contributed by atoms with van der Waals surface area (Å²) in [5, 5.41) is 0. The molecule has 0 bridgehead atoms. The number of hydrogen-bond donors (Lipinski definition) is 0. The first-order chi connectivity index (χ1) is 8.74. The SMILES string of the molecule is CCOc1ccc(C(Br)c2ccc(CC)s2)cc1. The normalized spacial score (nSPS) is 12.4. The summed E-state index contributed by atoms with van der Waals surface area (Å²) in [5.74, 6) is 0.932. The number of aryl methyl sites for hydroxylation is 1. The summed E-state index contributed by atoms with van der Waals surface area (Å²) in [7, 11) is 0. The molecule has 96 valence electrons. The molecule has 0 radical (unpaired) electrons. The second kappa shape index (κ2) is 6.39. The summed E-state index contributed by atoms with van der Waals surface area (Å²) < 4.78 is 5.46. The summed E-state index contributed by atoms with van der Waals surface area (Å²) in [4.78, 5) is 3.06. The highest BCUT2D eigenvalue weighted by Gasteiger charge is 2.12. The van der Waals surface area contributed by atoms with Crippen LogP contribution in [0.5, 0.6) is 5.75 Å². The zero-order chi connectivity index (χ0) is 13.0. The van der Waals surface area contributed by atoms with Crippen LogP contribution < -0.4 is 4.74 Å². The lowest BCUT2D eigenvalue weighted by Crippen LogP contribution is -1.93. The van der Waals surface area contributed by atoms with E-state index in [0.717, 1.165) is 12.2 Å². The molecule has 2 aromatic rings. The van der Waals surface area contributed by atoms with Gasteiger partial charge in [0.05, 0.1) is 11.4 Å². The first kappa shape index (κ1) is 13.6. The zero-order valence-electron chi connectivity index (χ0n) is 10.7. The van der Waals surface area contributed by atoms with E-state index in [-0.39, 0.29) is 4.83 Å². The smallest absolute Gasteiger partial charge is 0.119 e. The van der Waals surface area contributed by atoms with E-state index in [1.807, 2.05) is 30.4 Å². The van der Waals surface area contributed by atoms with Crippen molar-refractivity contribution in [2.45, 2.75) is 25.1 Å². The number of thiophene rings is 1. The molecule has 0 saturated carbocycles. The van der Waals surface area contributed by atoms with Crippen molar-refractivity contribution in [2.24, 2.45) is 0 Å². The summed E-state index contributed by atoms with van der Waals surface area (Å²) in [6, 6.07) is 12.7. The topological polar surface area (TPSA) is 9.23 Å². The van der Waals surface area contributed by atoms with E-state index in [4.69, 9.17) is 4.74 Å². The fraction of sp³-hybridized carbons (Fsp3) is 0.333. The Morgan fingerprint density at radius 3 is 2.39 bits per heavy atom. The summed E-state index contributed by atoms with van der Waals surface area (Å²) in [5.41, 5.74) is 1.27. The molecule has 0 N–H and O–H groups in total. The van der Waals surface area contributed by atoms with Gasteiger partial charge in [0.25, 0.3) is 0 Å². The second-order valence-electron chi connectivity index (χ2n) is 4.02. The highest BCUT2D eigenvalue weighted by atomic mass is 79.9. The van der Waals surface area contributed by atoms with Gasteiger partial charge in [-0.05, 0) is 43.2 Å². The van der Waals surface area contributed by atoms with E-state index >= 15 is 0 Å². The monoisotopic (exact) mass is 324 g/mol. The van der Waals surface area contributed by atoms with Gasteiger partial charge < -0.3 is 4.74 Å². The maximum Gasteiger partial charge on any atom is 0.119 e. The zero-order valence-corrected chi connectivity index (χ0v) is 13.1. The van der Waals surface area contributed by atoms with Gasteiger partial charge in [0.15, 0.2) is 0 Å². The molecule has 0 aliphatic carbocycles. The van der Waals surface area contributed by atoms with E-state index in [1.54, 1.807) is 0 Å². The molecule has 1 nitrogen and oxygen atoms in total. The van der Waals surface area contributed by atoms with Crippen LogP contribution in [0.4, 0.5) is 0 Å². The number of rotatable bonds is 5. The Labute approximate surface area is 121 Å². The van der Waals surface area contributed by atoms with Crippen molar-refractivity contribution in [1.29, 1.82) is 0 Å². The molecule has 0 aliphatic heterocycles. The molecule has 0 aliphatic rings. The number of ether oxygens (including phenoxy) is 1. The molecule has 18 heavy (non-hydrogen) atoms. The van der Waals surface area contributed by atoms with Gasteiger partial charge in [0.1, 0.15) is 5.75 Å². The van der Waals surface area contributed by atoms with Gasteiger partial charge in [-0.15, -0.1) is 11.3 Å². The molecule has 1 aromatic heterocycles. The van der Waals surface area contributed by atoms with Crippen molar-refractivity contribution >= 4 is 27.3 Å². The Morgan fingerprint density at radius 1 is 1.11 bits per heavy atom. The maximum absolute atomic E-state index is 5.46. The molecule has 1 heterocycles. The predicted molar refractivity (Wildman–Crippen MR) is 82.1 cm³/mol. The van der Waals surface area contributed by atoms with Crippen LogP contribution in [-0.4, -0.2) is 6.61 Å². The number of alkyl halides is 1. The van der Waals surface area contributed by atoms with Gasteiger partial charge in [-0.2, -0.15) is 0 Å². The maximum atomic E-state index is 5.46. The van der Waals surface area contributed by atoms with Gasteiger partial charge in [0.2, 0.25) is 0 Å². The van der Waals surface area contributed by atoms with Crippen LogP contribution in [0.2, 0.25) is 0 Å². The Kier molecular flexibility index (Phi) is 4.84. The molecule has 2 rings (SSSR count). The molecular formula is C15H17BrOS. The van der Waals surface area contributed by atoms with Crippen LogP contribution in [0.3, 0.4) is 0 Å². The number of hydrogen-bond acceptors (Lipinski definition) is 2. The van der Waals surface area contributed by atoms with Crippen molar-refractivity contribution in [2.75, 3.05) is 6.61 Å². The molecule has 1 atom stereocenters. The first-order valence-electron chi connectivity index (χ1n) is 6.20. The fourth-order valence-electron chi connectivity index (χ4n) is 1.78. The van der Waals surface area contributed by atoms with E-state index in [9.17, 15) is 0 Å². The second-order valence-corrected chi connectivity index (χ2v) is 6.14. The minimum atomic E-state index is 0.276. The van der Waals surface area contributed by atoms with Crippen LogP contribution in [0, 0.1) is 0 Å². The van der Waals surface area contributed by atoms with Crippen LogP contribution in [0.25, 0.3) is 0 Å². The van der Waals surface area contributed by atoms with Crippen molar-refractivity contribution < 1.29 is 4.74 Å². The van der Waals surface area contributed by atoms with Crippen LogP contribution in [0.1, 0.15) is 34.0 Å². The van der Waals surface area contributed by atoms with Crippen molar-refractivity contribution in [1.82, 2.24) is 0 Å². The van der Waals surface area contributed by atoms with Crippen LogP contribution in [-0.2, 0) is 6.42 Å². The van der Waals surface area contributed by atoms with E-state index in [1.165, 1.54) is 15.3 Å². The first-order valence-corrected chi connectivity index (χ1v) is 7.93. The quantitative estimate of drug-likeness (QED) is 0.687. The molecule has 0 spiro atoms. The van der Waals surface area contributed by atoms with E-state index in [0.29, 0.717) is 6.61 Å². The van der Waals surface area contributed by atoms with Crippen molar-refractivity contribution in [3.63, 3.8) is 0 Å². The van der Waals surface area contributed by atoms with Gasteiger partial charge >= 0.3 is 0 Å². The predicted octanol–water partition coefficient (Wildman–Crippen LogP) is 5.19. The van der Waals surface area contributed by atoms with Crippen LogP contribution >= 0.6 is 27.3 Å². The van der Waals surface area contributed by atoms with Crippen LogP contribution in [0.15, 0.2) is 36.4 Å². The van der Waals surface area contributed by atoms with E-state index in [2.05, 4.69) is 47.1 Å². The lowest BCUT2D eigenvalue weighted by atomic mass is 10.1. The summed E-state index contributed by atoms with van der Waals surface area (Å²) >= 11 is 5.64. The number of benzene rings is 1. The van der Waals surface area contributed by atoms with Crippen molar-refractivity contribution in [3.05, 3.63) is 51.7 Å². The minimum absolute atomic E-state index is 0.276. The molecule has 1 aromatic carbocycles. The average molecular weight is 325 g/mol. The van der Waals surface area contributed by atoms with Gasteiger partial charge in [-0.1, -0.05) is 35.0 Å². The Hall–Kier alpha value is -0.800. The molecule has 0 amide bonds. The summed E-state index contributed by atoms with van der Waals surface area (Å²) in [6.45, 7) is 4.90. The third-order valence-electron chi connectivity index (χ3n) is 2.76. The lowest BCUT2D eigenvalue weighted by Gasteiger charge is -2.09. The molecule has 0 fully saturated rings. The molecular weight excluding hydrogens is 308 g/mol. The molecule has 1 unspecified atom stereocenters. The molecule has 3 heteroatoms. The van der Waals surface area contributed by atoms with Gasteiger partial charge in [-0.3, -0.25) is 0 Å². The average Bonchev–Trinajstić information content (AvgIpc) is 2.88. The standard InChI is InChI=1S/C15H17BrOS/c1-3-13-9-10-14(18-13)15(16)11-5-7-12(8-6-11)17-4-2/h5-10,15H,3-4H2,1-2H3. The Morgan fingerprint density at radius 2 is 1.83 bits per heavy atom. The number of halogens is 1. The van der Waals surface area contributed by atoms with Gasteiger partial charge in [0, 0.05) is 9.75 Å². The largest absolute Gasteiger partial charge is 0.494 e. The third-order valence-corrected chi connectivity index (χ3v) is 5.38.